The lowest BCUT2D eigenvalue weighted by atomic mass is 9.73. The van der Waals surface area contributed by atoms with E-state index in [0.29, 0.717) is 5.56 Å². The van der Waals surface area contributed by atoms with Crippen LogP contribution in [-0.2, 0) is 0 Å². The number of rotatable bonds is 3. The van der Waals surface area contributed by atoms with Crippen LogP contribution in [0.2, 0.25) is 0 Å². The molecule has 0 saturated heterocycles. The molecule has 1 fully saturated rings. The molecule has 19 heavy (non-hydrogen) atoms. The second kappa shape index (κ2) is 5.59. The standard InChI is InChI=1S/C15H23N3O/c1-15(2)8-5-4-6-12(15)18-14(19)11-7-9-17-13(10-11)16-3/h7,9-10,12H,4-6,8H2,1-3H3,(H,16,17)(H,18,19). The van der Waals surface area contributed by atoms with Gasteiger partial charge in [0.05, 0.1) is 0 Å². The minimum absolute atomic E-state index is 0.00104. The van der Waals surface area contributed by atoms with Crippen molar-refractivity contribution >= 4 is 11.7 Å². The second-order valence-corrected chi connectivity index (χ2v) is 5.94. The van der Waals surface area contributed by atoms with Crippen molar-refractivity contribution < 1.29 is 4.79 Å². The molecule has 0 radical (unpaired) electrons. The summed E-state index contributed by atoms with van der Waals surface area (Å²) >= 11 is 0. The maximum Gasteiger partial charge on any atom is 0.251 e. The second-order valence-electron chi connectivity index (χ2n) is 5.94. The summed E-state index contributed by atoms with van der Waals surface area (Å²) in [4.78, 5) is 16.4. The van der Waals surface area contributed by atoms with Gasteiger partial charge in [-0.05, 0) is 30.4 Å². The van der Waals surface area contributed by atoms with Gasteiger partial charge in [0, 0.05) is 24.8 Å². The van der Waals surface area contributed by atoms with Crippen LogP contribution in [0.25, 0.3) is 0 Å². The number of carbonyl (C=O) groups excluding carboxylic acids is 1. The van der Waals surface area contributed by atoms with E-state index in [4.69, 9.17) is 0 Å². The molecule has 2 rings (SSSR count). The number of aromatic nitrogens is 1. The molecule has 104 valence electrons. The minimum Gasteiger partial charge on any atom is -0.373 e. The number of pyridine rings is 1. The maximum atomic E-state index is 12.3. The van der Waals surface area contributed by atoms with Crippen molar-refractivity contribution in [2.24, 2.45) is 5.41 Å². The van der Waals surface area contributed by atoms with Crippen LogP contribution in [0, 0.1) is 5.41 Å². The molecule has 1 aromatic rings. The Morgan fingerprint density at radius 2 is 2.21 bits per heavy atom. The van der Waals surface area contributed by atoms with Crippen LogP contribution in [0.3, 0.4) is 0 Å². The molecule has 1 saturated carbocycles. The molecular formula is C15H23N3O. The first-order valence-corrected chi connectivity index (χ1v) is 6.97. The van der Waals surface area contributed by atoms with Gasteiger partial charge in [0.15, 0.2) is 0 Å². The van der Waals surface area contributed by atoms with E-state index in [2.05, 4.69) is 29.5 Å². The van der Waals surface area contributed by atoms with E-state index in [-0.39, 0.29) is 17.4 Å². The summed E-state index contributed by atoms with van der Waals surface area (Å²) in [6.45, 7) is 4.48. The highest BCUT2D eigenvalue weighted by Gasteiger charge is 2.33. The molecule has 0 aliphatic heterocycles. The highest BCUT2D eigenvalue weighted by Crippen LogP contribution is 2.35. The topological polar surface area (TPSA) is 54.0 Å². The maximum absolute atomic E-state index is 12.3. The average molecular weight is 261 g/mol. The minimum atomic E-state index is -0.00104. The van der Waals surface area contributed by atoms with Gasteiger partial charge in [-0.25, -0.2) is 4.98 Å². The van der Waals surface area contributed by atoms with E-state index in [1.165, 1.54) is 19.3 Å². The number of hydrogen-bond donors (Lipinski definition) is 2. The van der Waals surface area contributed by atoms with Crippen molar-refractivity contribution in [1.29, 1.82) is 0 Å². The van der Waals surface area contributed by atoms with Gasteiger partial charge < -0.3 is 10.6 Å². The van der Waals surface area contributed by atoms with Crippen LogP contribution in [0.1, 0.15) is 49.9 Å². The van der Waals surface area contributed by atoms with Crippen molar-refractivity contribution in [3.05, 3.63) is 23.9 Å². The average Bonchev–Trinajstić information content (AvgIpc) is 2.41. The summed E-state index contributed by atoms with van der Waals surface area (Å²) < 4.78 is 0. The van der Waals surface area contributed by atoms with Crippen molar-refractivity contribution in [2.75, 3.05) is 12.4 Å². The van der Waals surface area contributed by atoms with E-state index in [0.717, 1.165) is 12.2 Å². The molecule has 0 aromatic carbocycles. The fourth-order valence-electron chi connectivity index (χ4n) is 2.71. The Balaban J connectivity index is 2.07. The molecule has 4 nitrogen and oxygen atoms in total. The molecule has 1 unspecified atom stereocenters. The summed E-state index contributed by atoms with van der Waals surface area (Å²) in [5.74, 6) is 0.717. The van der Waals surface area contributed by atoms with E-state index in [1.54, 1.807) is 25.4 Å². The predicted octanol–water partition coefficient (Wildman–Crippen LogP) is 2.82. The van der Waals surface area contributed by atoms with E-state index >= 15 is 0 Å². The van der Waals surface area contributed by atoms with Gasteiger partial charge in [0.2, 0.25) is 0 Å². The van der Waals surface area contributed by atoms with E-state index in [9.17, 15) is 4.79 Å². The van der Waals surface area contributed by atoms with Gasteiger partial charge in [0.1, 0.15) is 5.82 Å². The molecule has 1 heterocycles. The first-order chi connectivity index (χ1) is 9.03. The Labute approximate surface area is 115 Å². The molecule has 2 N–H and O–H groups in total. The predicted molar refractivity (Wildman–Crippen MR) is 77.3 cm³/mol. The first-order valence-electron chi connectivity index (χ1n) is 6.97. The molecule has 0 spiro atoms. The van der Waals surface area contributed by atoms with Crippen LogP contribution in [0.15, 0.2) is 18.3 Å². The molecule has 1 aromatic heterocycles. The van der Waals surface area contributed by atoms with Crippen molar-refractivity contribution in [3.63, 3.8) is 0 Å². The molecule has 4 heteroatoms. The van der Waals surface area contributed by atoms with Crippen LogP contribution in [-0.4, -0.2) is 24.0 Å². The van der Waals surface area contributed by atoms with Crippen LogP contribution in [0.4, 0.5) is 5.82 Å². The molecule has 1 atom stereocenters. The zero-order valence-corrected chi connectivity index (χ0v) is 12.0. The summed E-state index contributed by atoms with van der Waals surface area (Å²) in [6, 6.07) is 3.80. The molecule has 1 amide bonds. The third-order valence-corrected chi connectivity index (χ3v) is 4.09. The van der Waals surface area contributed by atoms with Crippen molar-refractivity contribution in [1.82, 2.24) is 10.3 Å². The summed E-state index contributed by atoms with van der Waals surface area (Å²) in [5, 5.41) is 6.13. The smallest absolute Gasteiger partial charge is 0.251 e. The number of anilines is 1. The fraction of sp³-hybridized carbons (Fsp3) is 0.600. The summed E-state index contributed by atoms with van der Waals surface area (Å²) in [6.07, 6.45) is 6.37. The Hall–Kier alpha value is -1.58. The van der Waals surface area contributed by atoms with Crippen LogP contribution in [0.5, 0.6) is 0 Å². The van der Waals surface area contributed by atoms with Gasteiger partial charge in [-0.15, -0.1) is 0 Å². The number of nitrogens with one attached hydrogen (secondary N) is 2. The molecule has 1 aliphatic carbocycles. The Bertz CT molecular complexity index is 456. The first kappa shape index (κ1) is 13.8. The third-order valence-electron chi connectivity index (χ3n) is 4.09. The zero-order valence-electron chi connectivity index (χ0n) is 12.0. The number of nitrogens with zero attached hydrogens (tertiary/aromatic N) is 1. The molecular weight excluding hydrogens is 238 g/mol. The molecule has 0 bridgehead atoms. The number of hydrogen-bond acceptors (Lipinski definition) is 3. The van der Waals surface area contributed by atoms with E-state index < -0.39 is 0 Å². The lowest BCUT2D eigenvalue weighted by Gasteiger charge is -2.39. The van der Waals surface area contributed by atoms with Gasteiger partial charge in [0.25, 0.3) is 5.91 Å². The highest BCUT2D eigenvalue weighted by molar-refractivity contribution is 5.95. The highest BCUT2D eigenvalue weighted by atomic mass is 16.1. The number of amides is 1. The van der Waals surface area contributed by atoms with Gasteiger partial charge in [-0.1, -0.05) is 26.7 Å². The Morgan fingerprint density at radius 3 is 2.89 bits per heavy atom. The van der Waals surface area contributed by atoms with Gasteiger partial charge in [-0.3, -0.25) is 4.79 Å². The quantitative estimate of drug-likeness (QED) is 0.879. The lowest BCUT2D eigenvalue weighted by molar-refractivity contribution is 0.0853. The largest absolute Gasteiger partial charge is 0.373 e. The number of carbonyl (C=O) groups is 1. The monoisotopic (exact) mass is 261 g/mol. The van der Waals surface area contributed by atoms with Gasteiger partial charge in [-0.2, -0.15) is 0 Å². The van der Waals surface area contributed by atoms with Gasteiger partial charge >= 0.3 is 0 Å². The van der Waals surface area contributed by atoms with Crippen LogP contribution < -0.4 is 10.6 Å². The summed E-state index contributed by atoms with van der Waals surface area (Å²) in [7, 11) is 1.80. The summed E-state index contributed by atoms with van der Waals surface area (Å²) in [5.41, 5.74) is 0.855. The molecule has 1 aliphatic rings. The lowest BCUT2D eigenvalue weighted by Crippen LogP contribution is -2.46. The van der Waals surface area contributed by atoms with E-state index in [1.807, 2.05) is 0 Å². The third kappa shape index (κ3) is 3.25. The Morgan fingerprint density at radius 1 is 1.42 bits per heavy atom. The Kier molecular flexibility index (Phi) is 4.08. The van der Waals surface area contributed by atoms with Crippen molar-refractivity contribution in [2.45, 2.75) is 45.6 Å². The SMILES string of the molecule is CNc1cc(C(=O)NC2CCCCC2(C)C)ccn1. The van der Waals surface area contributed by atoms with Crippen LogP contribution >= 0.6 is 0 Å². The zero-order chi connectivity index (χ0) is 13.9. The normalized spacial score (nSPS) is 21.7. The van der Waals surface area contributed by atoms with Crippen molar-refractivity contribution in [3.8, 4) is 0 Å². The fourth-order valence-corrected chi connectivity index (χ4v) is 2.71.